The molecule has 0 fully saturated rings. The topological polar surface area (TPSA) is 59.4 Å². The van der Waals surface area contributed by atoms with Gasteiger partial charge in [0.25, 0.3) is 5.56 Å². The van der Waals surface area contributed by atoms with Gasteiger partial charge in [0.05, 0.1) is 4.90 Å². The summed E-state index contributed by atoms with van der Waals surface area (Å²) in [6.07, 6.45) is 1.92. The van der Waals surface area contributed by atoms with Gasteiger partial charge in [-0.15, -0.1) is 0 Å². The summed E-state index contributed by atoms with van der Waals surface area (Å²) in [5.74, 6) is 0. The van der Waals surface area contributed by atoms with E-state index in [9.17, 15) is 13.2 Å². The van der Waals surface area contributed by atoms with Crippen LogP contribution in [0.4, 0.5) is 0 Å². The van der Waals surface area contributed by atoms with Gasteiger partial charge in [-0.25, -0.2) is 12.7 Å². The second-order valence-corrected chi connectivity index (χ2v) is 7.58. The van der Waals surface area contributed by atoms with Crippen LogP contribution < -0.4 is 5.56 Å². The normalized spacial score (nSPS) is 11.8. The minimum atomic E-state index is -3.56. The standard InChI is InChI=1S/C15H17ClN2O3S/c1-17(2)22(20,21)13-7-8-15(19)18(11-13)10-9-12-5-3-4-6-14(12)16/h3-8,11H,9-10H2,1-2H3. The fourth-order valence-electron chi connectivity index (χ4n) is 1.99. The highest BCUT2D eigenvalue weighted by molar-refractivity contribution is 7.89. The van der Waals surface area contributed by atoms with Crippen molar-refractivity contribution >= 4 is 21.6 Å². The average Bonchev–Trinajstić information content (AvgIpc) is 2.47. The maximum Gasteiger partial charge on any atom is 0.250 e. The highest BCUT2D eigenvalue weighted by Crippen LogP contribution is 2.16. The minimum Gasteiger partial charge on any atom is -0.314 e. The van der Waals surface area contributed by atoms with Crippen molar-refractivity contribution in [2.24, 2.45) is 0 Å². The highest BCUT2D eigenvalue weighted by atomic mass is 35.5. The van der Waals surface area contributed by atoms with E-state index in [1.807, 2.05) is 18.2 Å². The Bertz CT molecular complexity index is 829. The van der Waals surface area contributed by atoms with Gasteiger partial charge in [-0.1, -0.05) is 29.8 Å². The smallest absolute Gasteiger partial charge is 0.250 e. The van der Waals surface area contributed by atoms with Gasteiger partial charge in [-0.05, 0) is 24.1 Å². The zero-order valence-corrected chi connectivity index (χ0v) is 13.9. The van der Waals surface area contributed by atoms with E-state index in [1.165, 1.54) is 37.0 Å². The first-order chi connectivity index (χ1) is 10.3. The molecule has 0 unspecified atom stereocenters. The summed E-state index contributed by atoms with van der Waals surface area (Å²) in [5, 5.41) is 0.632. The summed E-state index contributed by atoms with van der Waals surface area (Å²) in [6.45, 7) is 0.360. The van der Waals surface area contributed by atoms with Crippen molar-refractivity contribution < 1.29 is 8.42 Å². The first kappa shape index (κ1) is 16.7. The first-order valence-electron chi connectivity index (χ1n) is 6.69. The molecule has 0 aliphatic heterocycles. The van der Waals surface area contributed by atoms with Gasteiger partial charge < -0.3 is 4.57 Å². The molecule has 0 atom stereocenters. The number of pyridine rings is 1. The maximum absolute atomic E-state index is 12.1. The highest BCUT2D eigenvalue weighted by Gasteiger charge is 2.18. The number of halogens is 1. The van der Waals surface area contributed by atoms with Gasteiger partial charge >= 0.3 is 0 Å². The molecule has 0 amide bonds. The molecule has 0 aliphatic carbocycles. The number of nitrogens with zero attached hydrogens (tertiary/aromatic N) is 2. The van der Waals surface area contributed by atoms with E-state index in [4.69, 9.17) is 11.6 Å². The molecule has 5 nitrogen and oxygen atoms in total. The molecule has 0 aliphatic rings. The Balaban J connectivity index is 2.29. The van der Waals surface area contributed by atoms with Crippen LogP contribution in [0.5, 0.6) is 0 Å². The van der Waals surface area contributed by atoms with Crippen LogP contribution in [0.1, 0.15) is 5.56 Å². The predicted octanol–water partition coefficient (Wildman–Crippen LogP) is 1.99. The van der Waals surface area contributed by atoms with E-state index in [2.05, 4.69) is 0 Å². The number of sulfonamides is 1. The Labute approximate surface area is 134 Å². The van der Waals surface area contributed by atoms with Crippen LogP contribution in [0.15, 0.2) is 52.3 Å². The molecular weight excluding hydrogens is 324 g/mol. The third kappa shape index (κ3) is 3.58. The van der Waals surface area contributed by atoms with Crippen molar-refractivity contribution in [3.63, 3.8) is 0 Å². The van der Waals surface area contributed by atoms with Crippen molar-refractivity contribution in [3.05, 3.63) is 63.5 Å². The largest absolute Gasteiger partial charge is 0.314 e. The van der Waals surface area contributed by atoms with Crippen molar-refractivity contribution in [2.45, 2.75) is 17.9 Å². The summed E-state index contributed by atoms with van der Waals surface area (Å²) in [4.78, 5) is 12.0. The lowest BCUT2D eigenvalue weighted by molar-refractivity contribution is 0.518. The number of aryl methyl sites for hydroxylation is 2. The molecule has 2 rings (SSSR count). The number of hydrogen-bond acceptors (Lipinski definition) is 3. The van der Waals surface area contributed by atoms with E-state index in [-0.39, 0.29) is 10.5 Å². The molecule has 0 spiro atoms. The van der Waals surface area contributed by atoms with Crippen molar-refractivity contribution in [1.82, 2.24) is 8.87 Å². The maximum atomic E-state index is 12.1. The summed E-state index contributed by atoms with van der Waals surface area (Å²) in [5.41, 5.74) is 0.668. The summed E-state index contributed by atoms with van der Waals surface area (Å²) in [7, 11) is -0.654. The Morgan fingerprint density at radius 1 is 1.14 bits per heavy atom. The molecular formula is C15H17ClN2O3S. The van der Waals surface area contributed by atoms with Gasteiger partial charge in [0, 0.05) is 37.9 Å². The molecule has 118 valence electrons. The fourth-order valence-corrected chi connectivity index (χ4v) is 3.14. The van der Waals surface area contributed by atoms with Crippen molar-refractivity contribution in [3.8, 4) is 0 Å². The molecule has 1 aromatic heterocycles. The summed E-state index contributed by atoms with van der Waals surface area (Å²) < 4.78 is 26.7. The second kappa shape index (κ2) is 6.64. The second-order valence-electron chi connectivity index (χ2n) is 5.03. The van der Waals surface area contributed by atoms with E-state index < -0.39 is 10.0 Å². The van der Waals surface area contributed by atoms with E-state index in [0.717, 1.165) is 9.87 Å². The van der Waals surface area contributed by atoms with Crippen molar-refractivity contribution in [2.75, 3.05) is 14.1 Å². The summed E-state index contributed by atoms with van der Waals surface area (Å²) in [6, 6.07) is 9.96. The van der Waals surface area contributed by atoms with Crippen LogP contribution in [0.2, 0.25) is 5.02 Å². The number of aromatic nitrogens is 1. The Hall–Kier alpha value is -1.63. The monoisotopic (exact) mass is 340 g/mol. The lowest BCUT2D eigenvalue weighted by atomic mass is 10.1. The lowest BCUT2D eigenvalue weighted by Crippen LogP contribution is -2.26. The van der Waals surface area contributed by atoms with Gasteiger partial charge in [0.1, 0.15) is 0 Å². The SMILES string of the molecule is CN(C)S(=O)(=O)c1ccc(=O)n(CCc2ccccc2Cl)c1. The molecule has 0 radical (unpaired) electrons. The van der Waals surface area contributed by atoms with Gasteiger partial charge in [-0.2, -0.15) is 0 Å². The quantitative estimate of drug-likeness (QED) is 0.836. The Morgan fingerprint density at radius 2 is 1.82 bits per heavy atom. The molecule has 1 aromatic carbocycles. The first-order valence-corrected chi connectivity index (χ1v) is 8.50. The fraction of sp³-hybridized carbons (Fsp3) is 0.267. The number of hydrogen-bond donors (Lipinski definition) is 0. The van der Waals surface area contributed by atoms with E-state index in [1.54, 1.807) is 6.07 Å². The molecule has 0 saturated carbocycles. The van der Waals surface area contributed by atoms with Crippen LogP contribution in [0.3, 0.4) is 0 Å². The molecule has 0 bridgehead atoms. The molecule has 0 saturated heterocycles. The van der Waals surface area contributed by atoms with Crippen LogP contribution in [-0.2, 0) is 23.0 Å². The van der Waals surface area contributed by atoms with Gasteiger partial charge in [0.15, 0.2) is 0 Å². The molecule has 7 heteroatoms. The number of benzene rings is 1. The third-order valence-electron chi connectivity index (χ3n) is 3.31. The Morgan fingerprint density at radius 3 is 2.45 bits per heavy atom. The predicted molar refractivity (Wildman–Crippen MR) is 86.7 cm³/mol. The van der Waals surface area contributed by atoms with Gasteiger partial charge in [0.2, 0.25) is 10.0 Å². The van der Waals surface area contributed by atoms with Crippen LogP contribution in [-0.4, -0.2) is 31.4 Å². The van der Waals surface area contributed by atoms with Gasteiger partial charge in [-0.3, -0.25) is 4.79 Å². The van der Waals surface area contributed by atoms with E-state index >= 15 is 0 Å². The minimum absolute atomic E-state index is 0.0938. The molecule has 1 heterocycles. The number of rotatable bonds is 5. The van der Waals surface area contributed by atoms with Crippen molar-refractivity contribution in [1.29, 1.82) is 0 Å². The Kier molecular flexibility index (Phi) is 5.05. The zero-order chi connectivity index (χ0) is 16.3. The zero-order valence-electron chi connectivity index (χ0n) is 12.4. The molecule has 22 heavy (non-hydrogen) atoms. The summed E-state index contributed by atoms with van der Waals surface area (Å²) >= 11 is 6.09. The lowest BCUT2D eigenvalue weighted by Gasteiger charge is -2.13. The average molecular weight is 341 g/mol. The van der Waals surface area contributed by atoms with Crippen LogP contribution in [0.25, 0.3) is 0 Å². The molecule has 0 N–H and O–H groups in total. The third-order valence-corrected chi connectivity index (χ3v) is 5.48. The van der Waals surface area contributed by atoms with Crippen LogP contribution >= 0.6 is 11.6 Å². The molecule has 2 aromatic rings. The van der Waals surface area contributed by atoms with Crippen LogP contribution in [0, 0.1) is 0 Å². The van der Waals surface area contributed by atoms with E-state index in [0.29, 0.717) is 18.0 Å².